The van der Waals surface area contributed by atoms with Crippen molar-refractivity contribution < 1.29 is 4.79 Å². The van der Waals surface area contributed by atoms with Crippen molar-refractivity contribution >= 4 is 17.3 Å². The van der Waals surface area contributed by atoms with E-state index in [-0.39, 0.29) is 5.91 Å². The van der Waals surface area contributed by atoms with Gasteiger partial charge >= 0.3 is 0 Å². The molecular formula is C19H28N2O. The Labute approximate surface area is 134 Å². The molecule has 0 unspecified atom stereocenters. The molecule has 1 aromatic rings. The Bertz CT molecular complexity index is 538. The van der Waals surface area contributed by atoms with Crippen LogP contribution in [-0.4, -0.2) is 19.0 Å². The van der Waals surface area contributed by atoms with E-state index in [0.29, 0.717) is 6.54 Å². The molecule has 1 N–H and O–H groups in total. The maximum Gasteiger partial charge on any atom is 0.246 e. The maximum atomic E-state index is 12.3. The number of aryl methyl sites for hydroxylation is 2. The first-order valence-corrected chi connectivity index (χ1v) is 8.99. The van der Waals surface area contributed by atoms with E-state index in [1.165, 1.54) is 62.5 Å². The van der Waals surface area contributed by atoms with Crippen LogP contribution >= 0.6 is 0 Å². The first-order valence-electron chi connectivity index (χ1n) is 8.99. The van der Waals surface area contributed by atoms with Crippen LogP contribution in [0.1, 0.15) is 63.0 Å². The van der Waals surface area contributed by atoms with E-state index < -0.39 is 0 Å². The molecule has 1 aliphatic carbocycles. The smallest absolute Gasteiger partial charge is 0.246 e. The van der Waals surface area contributed by atoms with Crippen molar-refractivity contribution in [1.29, 1.82) is 0 Å². The summed E-state index contributed by atoms with van der Waals surface area (Å²) in [7, 11) is 0. The highest BCUT2D eigenvalue weighted by molar-refractivity contribution is 6.02. The highest BCUT2D eigenvalue weighted by Gasteiger charge is 2.25. The number of benzene rings is 1. The van der Waals surface area contributed by atoms with Crippen molar-refractivity contribution in [3.8, 4) is 0 Å². The molecule has 3 rings (SSSR count). The van der Waals surface area contributed by atoms with E-state index in [0.717, 1.165) is 24.3 Å². The van der Waals surface area contributed by atoms with Crippen LogP contribution in [-0.2, 0) is 17.6 Å². The lowest BCUT2D eigenvalue weighted by Gasteiger charge is -2.32. The standard InChI is InChI=1S/C19H28N2O/c1-2-3-4-5-8-11-21-18-13-16-10-7-6-9-15(16)12-17(18)20-14-19(21)22/h12-13,20H,2-11,14H2,1H3. The Morgan fingerprint density at radius 2 is 1.77 bits per heavy atom. The summed E-state index contributed by atoms with van der Waals surface area (Å²) >= 11 is 0. The largest absolute Gasteiger partial charge is 0.374 e. The Hall–Kier alpha value is -1.51. The topological polar surface area (TPSA) is 32.3 Å². The fourth-order valence-corrected chi connectivity index (χ4v) is 3.66. The van der Waals surface area contributed by atoms with Gasteiger partial charge in [0, 0.05) is 6.54 Å². The van der Waals surface area contributed by atoms with Crippen LogP contribution in [0.4, 0.5) is 11.4 Å². The number of hydrogen-bond acceptors (Lipinski definition) is 2. The van der Waals surface area contributed by atoms with Gasteiger partial charge in [-0.3, -0.25) is 4.79 Å². The number of nitrogens with zero attached hydrogens (tertiary/aromatic N) is 1. The summed E-state index contributed by atoms with van der Waals surface area (Å²) in [6, 6.07) is 4.57. The van der Waals surface area contributed by atoms with Crippen LogP contribution < -0.4 is 10.2 Å². The van der Waals surface area contributed by atoms with Gasteiger partial charge in [0.2, 0.25) is 5.91 Å². The second-order valence-corrected chi connectivity index (χ2v) is 6.66. The van der Waals surface area contributed by atoms with E-state index in [1.807, 2.05) is 4.90 Å². The first-order chi connectivity index (χ1) is 10.8. The fourth-order valence-electron chi connectivity index (χ4n) is 3.66. The predicted molar refractivity (Wildman–Crippen MR) is 92.7 cm³/mol. The molecule has 1 aromatic carbocycles. The zero-order valence-electron chi connectivity index (χ0n) is 13.8. The van der Waals surface area contributed by atoms with Gasteiger partial charge in [-0.2, -0.15) is 0 Å². The van der Waals surface area contributed by atoms with Crippen molar-refractivity contribution in [3.63, 3.8) is 0 Å². The van der Waals surface area contributed by atoms with E-state index in [2.05, 4.69) is 24.4 Å². The third-order valence-corrected chi connectivity index (χ3v) is 4.97. The molecule has 1 amide bonds. The third kappa shape index (κ3) is 3.29. The van der Waals surface area contributed by atoms with Crippen LogP contribution in [0.5, 0.6) is 0 Å². The normalized spacial score (nSPS) is 17.0. The van der Waals surface area contributed by atoms with Gasteiger partial charge in [0.1, 0.15) is 0 Å². The lowest BCUT2D eigenvalue weighted by atomic mass is 9.90. The van der Waals surface area contributed by atoms with Crippen molar-refractivity contribution in [2.75, 3.05) is 23.3 Å². The van der Waals surface area contributed by atoms with E-state index in [4.69, 9.17) is 0 Å². The molecule has 0 fully saturated rings. The van der Waals surface area contributed by atoms with Gasteiger partial charge in [-0.1, -0.05) is 32.6 Å². The summed E-state index contributed by atoms with van der Waals surface area (Å²) in [4.78, 5) is 14.3. The molecule has 0 spiro atoms. The number of carbonyl (C=O) groups excluding carboxylic acids is 1. The molecule has 3 nitrogen and oxygen atoms in total. The molecule has 1 heterocycles. The molecular weight excluding hydrogens is 272 g/mol. The Balaban J connectivity index is 1.73. The highest BCUT2D eigenvalue weighted by Crippen LogP contribution is 2.35. The number of carbonyl (C=O) groups is 1. The number of amides is 1. The molecule has 0 saturated heterocycles. The van der Waals surface area contributed by atoms with Crippen LogP contribution in [0.15, 0.2) is 12.1 Å². The molecule has 120 valence electrons. The molecule has 0 aromatic heterocycles. The molecule has 2 aliphatic rings. The second-order valence-electron chi connectivity index (χ2n) is 6.66. The number of fused-ring (bicyclic) bond motifs is 2. The lowest BCUT2D eigenvalue weighted by molar-refractivity contribution is -0.117. The molecule has 0 saturated carbocycles. The van der Waals surface area contributed by atoms with Crippen molar-refractivity contribution in [3.05, 3.63) is 23.3 Å². The SMILES string of the molecule is CCCCCCCN1C(=O)CNc2cc3c(cc21)CCCC3. The average Bonchev–Trinajstić information content (AvgIpc) is 2.55. The number of hydrogen-bond donors (Lipinski definition) is 1. The molecule has 3 heteroatoms. The number of rotatable bonds is 6. The number of nitrogens with one attached hydrogen (secondary N) is 1. The van der Waals surface area contributed by atoms with Crippen molar-refractivity contribution in [2.45, 2.75) is 64.7 Å². The molecule has 22 heavy (non-hydrogen) atoms. The highest BCUT2D eigenvalue weighted by atomic mass is 16.2. The summed E-state index contributed by atoms with van der Waals surface area (Å²) < 4.78 is 0. The van der Waals surface area contributed by atoms with Gasteiger partial charge in [-0.05, 0) is 55.4 Å². The van der Waals surface area contributed by atoms with Gasteiger partial charge in [0.15, 0.2) is 0 Å². The minimum Gasteiger partial charge on any atom is -0.374 e. The zero-order chi connectivity index (χ0) is 15.4. The third-order valence-electron chi connectivity index (χ3n) is 4.97. The summed E-state index contributed by atoms with van der Waals surface area (Å²) in [5.41, 5.74) is 5.22. The Morgan fingerprint density at radius 1 is 1.05 bits per heavy atom. The quantitative estimate of drug-likeness (QED) is 0.795. The molecule has 0 atom stereocenters. The van der Waals surface area contributed by atoms with E-state index in [1.54, 1.807) is 0 Å². The second kappa shape index (κ2) is 7.17. The summed E-state index contributed by atoms with van der Waals surface area (Å²) in [5.74, 6) is 0.221. The summed E-state index contributed by atoms with van der Waals surface area (Å²) in [6.45, 7) is 3.55. The first kappa shape index (κ1) is 15.4. The number of anilines is 2. The van der Waals surface area contributed by atoms with Crippen LogP contribution in [0.3, 0.4) is 0 Å². The zero-order valence-corrected chi connectivity index (χ0v) is 13.8. The van der Waals surface area contributed by atoms with Gasteiger partial charge in [0.25, 0.3) is 0 Å². The van der Waals surface area contributed by atoms with Crippen molar-refractivity contribution in [1.82, 2.24) is 0 Å². The van der Waals surface area contributed by atoms with Gasteiger partial charge in [-0.25, -0.2) is 0 Å². The minimum atomic E-state index is 0.221. The molecule has 1 aliphatic heterocycles. The van der Waals surface area contributed by atoms with Gasteiger partial charge in [-0.15, -0.1) is 0 Å². The lowest BCUT2D eigenvalue weighted by Crippen LogP contribution is -2.40. The molecule has 0 radical (unpaired) electrons. The van der Waals surface area contributed by atoms with Crippen LogP contribution in [0, 0.1) is 0 Å². The monoisotopic (exact) mass is 300 g/mol. The maximum absolute atomic E-state index is 12.3. The minimum absolute atomic E-state index is 0.221. The van der Waals surface area contributed by atoms with Gasteiger partial charge in [0.05, 0.1) is 17.9 Å². The van der Waals surface area contributed by atoms with E-state index in [9.17, 15) is 4.79 Å². The summed E-state index contributed by atoms with van der Waals surface area (Å²) in [6.07, 6.45) is 11.1. The van der Waals surface area contributed by atoms with Crippen LogP contribution in [0.25, 0.3) is 0 Å². The predicted octanol–water partition coefficient (Wildman–Crippen LogP) is 4.29. The Morgan fingerprint density at radius 3 is 2.55 bits per heavy atom. The van der Waals surface area contributed by atoms with E-state index >= 15 is 0 Å². The Kier molecular flexibility index (Phi) is 5.01. The number of unbranched alkanes of at least 4 members (excludes halogenated alkanes) is 4. The van der Waals surface area contributed by atoms with Crippen molar-refractivity contribution in [2.24, 2.45) is 0 Å². The average molecular weight is 300 g/mol. The fraction of sp³-hybridized carbons (Fsp3) is 0.632. The summed E-state index contributed by atoms with van der Waals surface area (Å²) in [5, 5.41) is 3.31. The van der Waals surface area contributed by atoms with Gasteiger partial charge < -0.3 is 10.2 Å². The molecule has 0 bridgehead atoms. The van der Waals surface area contributed by atoms with Crippen LogP contribution in [0.2, 0.25) is 0 Å².